The lowest BCUT2D eigenvalue weighted by Gasteiger charge is -2.32. The summed E-state index contributed by atoms with van der Waals surface area (Å²) in [6.07, 6.45) is 6.60. The molecule has 4 heteroatoms. The van der Waals surface area contributed by atoms with E-state index in [0.29, 0.717) is 12.6 Å². The van der Waals surface area contributed by atoms with Crippen molar-refractivity contribution in [3.8, 4) is 0 Å². The van der Waals surface area contributed by atoms with E-state index in [-0.39, 0.29) is 18.4 Å². The molecule has 4 nitrogen and oxygen atoms in total. The van der Waals surface area contributed by atoms with E-state index in [4.69, 9.17) is 0 Å². The largest absolute Gasteiger partial charge is 0.396 e. The quantitative estimate of drug-likeness (QED) is 0.759. The van der Waals surface area contributed by atoms with Crippen molar-refractivity contribution in [1.82, 2.24) is 4.90 Å². The van der Waals surface area contributed by atoms with E-state index in [1.54, 1.807) is 0 Å². The Labute approximate surface area is 146 Å². The summed E-state index contributed by atoms with van der Waals surface area (Å²) in [6, 6.07) is 8.34. The Hall–Kier alpha value is -1.55. The zero-order chi connectivity index (χ0) is 17.4. The first-order chi connectivity index (χ1) is 11.7. The number of carbonyl (C=O) groups is 1. The molecule has 1 aromatic rings. The predicted molar refractivity (Wildman–Crippen MR) is 99.4 cm³/mol. The van der Waals surface area contributed by atoms with Crippen LogP contribution in [0.15, 0.2) is 24.3 Å². The van der Waals surface area contributed by atoms with Gasteiger partial charge in [-0.2, -0.15) is 0 Å². The van der Waals surface area contributed by atoms with Crippen LogP contribution >= 0.6 is 0 Å². The van der Waals surface area contributed by atoms with Gasteiger partial charge < -0.3 is 15.3 Å². The van der Waals surface area contributed by atoms with E-state index in [2.05, 4.69) is 19.2 Å². The smallest absolute Gasteiger partial charge is 0.253 e. The third-order valence-electron chi connectivity index (χ3n) is 4.82. The Morgan fingerprint density at radius 2 is 2.08 bits per heavy atom. The van der Waals surface area contributed by atoms with Gasteiger partial charge in [0.1, 0.15) is 0 Å². The summed E-state index contributed by atoms with van der Waals surface area (Å²) in [6.45, 7) is 6.04. The van der Waals surface area contributed by atoms with Crippen molar-refractivity contribution in [2.75, 3.05) is 25.0 Å². The highest BCUT2D eigenvalue weighted by atomic mass is 16.3. The molecule has 0 radical (unpaired) electrons. The second-order valence-corrected chi connectivity index (χ2v) is 6.94. The molecule has 1 unspecified atom stereocenters. The van der Waals surface area contributed by atoms with Gasteiger partial charge in [-0.15, -0.1) is 0 Å². The van der Waals surface area contributed by atoms with Crippen molar-refractivity contribution in [2.24, 2.45) is 5.92 Å². The maximum absolute atomic E-state index is 12.8. The van der Waals surface area contributed by atoms with Crippen LogP contribution in [-0.2, 0) is 0 Å². The lowest BCUT2D eigenvalue weighted by Crippen LogP contribution is -2.40. The number of aliphatic hydroxyl groups is 1. The number of nitrogens with one attached hydrogen (secondary N) is 1. The molecule has 1 aromatic carbocycles. The van der Waals surface area contributed by atoms with Gasteiger partial charge in [-0.1, -0.05) is 32.8 Å². The van der Waals surface area contributed by atoms with Crippen LogP contribution in [0, 0.1) is 5.92 Å². The lowest BCUT2D eigenvalue weighted by atomic mass is 9.98. The molecular formula is C20H32N2O2. The molecule has 1 aliphatic heterocycles. The lowest BCUT2D eigenvalue weighted by molar-refractivity contribution is 0.0621. The number of anilines is 1. The highest BCUT2D eigenvalue weighted by molar-refractivity contribution is 5.95. The van der Waals surface area contributed by atoms with Crippen molar-refractivity contribution < 1.29 is 9.90 Å². The van der Waals surface area contributed by atoms with Gasteiger partial charge in [0, 0.05) is 37.0 Å². The van der Waals surface area contributed by atoms with Crippen LogP contribution in [0.2, 0.25) is 0 Å². The fourth-order valence-corrected chi connectivity index (χ4v) is 3.54. The molecule has 1 atom stereocenters. The Kier molecular flexibility index (Phi) is 7.57. The molecule has 1 aliphatic rings. The van der Waals surface area contributed by atoms with Crippen molar-refractivity contribution in [3.63, 3.8) is 0 Å². The molecule has 1 fully saturated rings. The van der Waals surface area contributed by atoms with Crippen LogP contribution in [-0.4, -0.2) is 41.7 Å². The molecule has 0 aliphatic carbocycles. The van der Waals surface area contributed by atoms with E-state index < -0.39 is 0 Å². The van der Waals surface area contributed by atoms with Gasteiger partial charge in [0.2, 0.25) is 0 Å². The van der Waals surface area contributed by atoms with Gasteiger partial charge in [0.05, 0.1) is 0 Å². The highest BCUT2D eigenvalue weighted by Crippen LogP contribution is 2.21. The first-order valence-electron chi connectivity index (χ1n) is 9.44. The molecule has 1 heterocycles. The minimum absolute atomic E-state index is 0.0827. The summed E-state index contributed by atoms with van der Waals surface area (Å²) < 4.78 is 0. The van der Waals surface area contributed by atoms with Crippen LogP contribution in [0.25, 0.3) is 0 Å². The topological polar surface area (TPSA) is 52.6 Å². The summed E-state index contributed by atoms with van der Waals surface area (Å²) in [5, 5.41) is 12.9. The zero-order valence-electron chi connectivity index (χ0n) is 15.1. The van der Waals surface area contributed by atoms with Crippen molar-refractivity contribution >= 4 is 11.6 Å². The Balaban J connectivity index is 2.04. The molecule has 0 bridgehead atoms. The van der Waals surface area contributed by atoms with Gasteiger partial charge in [-0.05, 0) is 49.8 Å². The minimum Gasteiger partial charge on any atom is -0.396 e. The summed E-state index contributed by atoms with van der Waals surface area (Å²) in [5.74, 6) is 0.307. The fourth-order valence-electron chi connectivity index (χ4n) is 3.54. The normalized spacial score (nSPS) is 18.0. The zero-order valence-corrected chi connectivity index (χ0v) is 15.1. The molecule has 1 amide bonds. The van der Waals surface area contributed by atoms with E-state index in [1.165, 1.54) is 0 Å². The maximum atomic E-state index is 12.8. The van der Waals surface area contributed by atoms with E-state index in [9.17, 15) is 9.90 Å². The molecule has 0 aromatic heterocycles. The molecule has 0 spiro atoms. The number of piperidine rings is 1. The second kappa shape index (κ2) is 9.67. The summed E-state index contributed by atoms with van der Waals surface area (Å²) in [4.78, 5) is 14.7. The van der Waals surface area contributed by atoms with E-state index in [1.807, 2.05) is 29.2 Å². The van der Waals surface area contributed by atoms with Crippen molar-refractivity contribution in [1.29, 1.82) is 0 Å². The number of carbonyl (C=O) groups excluding carboxylic acids is 1. The number of nitrogens with zero attached hydrogens (tertiary/aromatic N) is 1. The molecule has 2 N–H and O–H groups in total. The number of aliphatic hydroxyl groups excluding tert-OH is 1. The molecule has 2 rings (SSSR count). The van der Waals surface area contributed by atoms with E-state index >= 15 is 0 Å². The van der Waals surface area contributed by atoms with Crippen LogP contribution in [0.1, 0.15) is 62.7 Å². The second-order valence-electron chi connectivity index (χ2n) is 6.94. The minimum atomic E-state index is 0.0827. The van der Waals surface area contributed by atoms with Gasteiger partial charge in [-0.25, -0.2) is 0 Å². The molecule has 134 valence electrons. The number of benzene rings is 1. The van der Waals surface area contributed by atoms with Gasteiger partial charge >= 0.3 is 0 Å². The molecule has 0 saturated carbocycles. The first kappa shape index (κ1) is 18.8. The number of amides is 1. The Morgan fingerprint density at radius 3 is 2.75 bits per heavy atom. The molecular weight excluding hydrogens is 300 g/mol. The average molecular weight is 332 g/mol. The number of rotatable bonds is 8. The average Bonchev–Trinajstić information content (AvgIpc) is 2.62. The molecule has 24 heavy (non-hydrogen) atoms. The number of hydrogen-bond acceptors (Lipinski definition) is 3. The Morgan fingerprint density at radius 1 is 1.33 bits per heavy atom. The highest BCUT2D eigenvalue weighted by Gasteiger charge is 2.24. The number of hydrogen-bond donors (Lipinski definition) is 2. The van der Waals surface area contributed by atoms with Gasteiger partial charge in [0.25, 0.3) is 5.91 Å². The van der Waals surface area contributed by atoms with Crippen LogP contribution in [0.5, 0.6) is 0 Å². The maximum Gasteiger partial charge on any atom is 0.253 e. The standard InChI is InChI=1S/C20H32N2O2/c1-3-7-18(8-4-2)21-19-11-5-10-17(13-19)20(24)22-12-6-9-16(14-22)15-23/h5,10-11,13,16,18,21,23H,3-4,6-9,12,14-15H2,1-2H3. The van der Waals surface area contributed by atoms with Gasteiger partial charge in [0.15, 0.2) is 0 Å². The first-order valence-corrected chi connectivity index (χ1v) is 9.44. The fraction of sp³-hybridized carbons (Fsp3) is 0.650. The molecule has 1 saturated heterocycles. The van der Waals surface area contributed by atoms with Crippen LogP contribution in [0.3, 0.4) is 0 Å². The summed E-state index contributed by atoms with van der Waals surface area (Å²) >= 11 is 0. The summed E-state index contributed by atoms with van der Waals surface area (Å²) in [5.41, 5.74) is 1.77. The van der Waals surface area contributed by atoms with Crippen LogP contribution in [0.4, 0.5) is 5.69 Å². The predicted octanol–water partition coefficient (Wildman–Crippen LogP) is 3.91. The monoisotopic (exact) mass is 332 g/mol. The van der Waals surface area contributed by atoms with E-state index in [0.717, 1.165) is 56.3 Å². The van der Waals surface area contributed by atoms with Gasteiger partial charge in [-0.3, -0.25) is 4.79 Å². The van der Waals surface area contributed by atoms with Crippen LogP contribution < -0.4 is 5.32 Å². The third-order valence-corrected chi connectivity index (χ3v) is 4.82. The summed E-state index contributed by atoms with van der Waals surface area (Å²) in [7, 11) is 0. The van der Waals surface area contributed by atoms with Crippen molar-refractivity contribution in [2.45, 2.75) is 58.4 Å². The SMILES string of the molecule is CCCC(CCC)Nc1cccc(C(=O)N2CCCC(CO)C2)c1. The van der Waals surface area contributed by atoms with Crippen molar-refractivity contribution in [3.05, 3.63) is 29.8 Å². The number of likely N-dealkylation sites (tertiary alicyclic amines) is 1. The third kappa shape index (κ3) is 5.23. The Bertz CT molecular complexity index is 512.